The Balaban J connectivity index is 0.000000178. The monoisotopic (exact) mass is 1060 g/mol. The maximum absolute atomic E-state index is 11.8. The first-order valence-electron chi connectivity index (χ1n) is 24.2. The standard InChI is InChI=1S/C29H37ClN6O2Si.C20H31IN4OSi/c1-18-12-19-6-7-20(13-18)36(19)25-14-31-28-22(15-35(29(28)32-25)17-38-10-11-39(3,4)5)21-8-9-23-26(27(21)30)24(16-37)34(2)33-23;1-14-9-15-5-6-16(10-14)25(15)18-11-22-19-17(21)12-24(20(19)23-18)13-26-7-8-27(2,3)4/h8-9,14-16,18-20H,6-7,10-13,17H2,1-5H3;11-12,14-16H,5-10,13H2,1-4H3/t18?,19-,20+;14?,15-,16+. The van der Waals surface area contributed by atoms with Crippen LogP contribution in [0, 0.1) is 15.4 Å². The zero-order valence-electron chi connectivity index (χ0n) is 40.4. The number of aromatic nitrogens is 8. The van der Waals surface area contributed by atoms with E-state index in [2.05, 4.69) is 106 Å². The second kappa shape index (κ2) is 19.2. The number of nitrogens with zero attached hydrogens (tertiary/aromatic N) is 10. The number of aryl methyl sites for hydroxylation is 1. The summed E-state index contributed by atoms with van der Waals surface area (Å²) in [6, 6.07) is 8.50. The molecule has 0 aliphatic carbocycles. The molecule has 1 aromatic carbocycles. The van der Waals surface area contributed by atoms with Crippen molar-refractivity contribution in [3.8, 4) is 11.1 Å². The molecule has 66 heavy (non-hydrogen) atoms. The van der Waals surface area contributed by atoms with Gasteiger partial charge in [-0.3, -0.25) is 9.48 Å². The number of rotatable bonds is 14. The molecule has 17 heteroatoms. The molecule has 13 nitrogen and oxygen atoms in total. The van der Waals surface area contributed by atoms with E-state index in [1.54, 1.807) is 11.7 Å². The smallest absolute Gasteiger partial charge is 0.168 e. The number of hydrogen-bond donors (Lipinski definition) is 0. The summed E-state index contributed by atoms with van der Waals surface area (Å²) in [5.74, 6) is 3.60. The fourth-order valence-corrected chi connectivity index (χ4v) is 13.6. The molecule has 9 heterocycles. The first-order valence-corrected chi connectivity index (χ1v) is 33.0. The Labute approximate surface area is 410 Å². The number of carbonyl (C=O) groups excluding carboxylic acids is 1. The van der Waals surface area contributed by atoms with Crippen molar-refractivity contribution in [2.45, 2.75) is 154 Å². The van der Waals surface area contributed by atoms with Crippen molar-refractivity contribution in [2.75, 3.05) is 23.0 Å². The fraction of sp³-hybridized carbons (Fsp3) is 0.592. The van der Waals surface area contributed by atoms with Crippen LogP contribution in [0.1, 0.15) is 75.7 Å². The molecule has 4 aliphatic heterocycles. The van der Waals surface area contributed by atoms with Crippen LogP contribution in [0.15, 0.2) is 36.9 Å². The number of carbonyl (C=O) groups is 1. The number of hydrogen-bond acceptors (Lipinski definition) is 10. The molecule has 6 aromatic rings. The van der Waals surface area contributed by atoms with Gasteiger partial charge in [0.15, 0.2) is 17.6 Å². The van der Waals surface area contributed by atoms with Crippen molar-refractivity contribution < 1.29 is 14.3 Å². The molecule has 0 amide bonds. The molecule has 0 spiro atoms. The van der Waals surface area contributed by atoms with E-state index in [4.69, 9.17) is 41.0 Å². The minimum absolute atomic E-state index is 0.398. The number of benzene rings is 1. The van der Waals surface area contributed by atoms with E-state index in [1.165, 1.54) is 57.4 Å². The van der Waals surface area contributed by atoms with Crippen LogP contribution in [0.2, 0.25) is 56.4 Å². The zero-order valence-corrected chi connectivity index (χ0v) is 45.3. The molecule has 0 N–H and O–H groups in total. The van der Waals surface area contributed by atoms with Crippen molar-refractivity contribution in [3.05, 3.63) is 51.2 Å². The molecular weight excluding hydrogens is 995 g/mol. The molecule has 0 saturated carbocycles. The summed E-state index contributed by atoms with van der Waals surface area (Å²) in [4.78, 5) is 36.9. The van der Waals surface area contributed by atoms with Gasteiger partial charge in [-0.15, -0.1) is 0 Å². The fourth-order valence-electron chi connectivity index (χ4n) is 11.0. The first kappa shape index (κ1) is 47.6. The molecule has 4 saturated heterocycles. The number of ether oxygens (including phenoxy) is 2. The predicted octanol–water partition coefficient (Wildman–Crippen LogP) is 11.6. The number of aldehydes is 1. The Hall–Kier alpha value is -3.43. The third kappa shape index (κ3) is 9.87. The second-order valence-electron chi connectivity index (χ2n) is 22.1. The second-order valence-corrected chi connectivity index (χ2v) is 34.9. The minimum atomic E-state index is -1.21. The highest BCUT2D eigenvalue weighted by molar-refractivity contribution is 14.1. The average molecular weight is 1060 g/mol. The van der Waals surface area contributed by atoms with E-state index in [0.29, 0.717) is 59.2 Å². The lowest BCUT2D eigenvalue weighted by molar-refractivity contribution is 0.0897. The van der Waals surface area contributed by atoms with Crippen LogP contribution < -0.4 is 9.80 Å². The summed E-state index contributed by atoms with van der Waals surface area (Å²) in [5, 5.41) is 5.60. The van der Waals surface area contributed by atoms with Crippen LogP contribution in [0.4, 0.5) is 11.6 Å². The highest BCUT2D eigenvalue weighted by Gasteiger charge is 2.41. The van der Waals surface area contributed by atoms with Gasteiger partial charge in [0.2, 0.25) is 0 Å². The quantitative estimate of drug-likeness (QED) is 0.0451. The number of anilines is 2. The molecule has 6 atom stereocenters. The van der Waals surface area contributed by atoms with Crippen LogP contribution in [0.3, 0.4) is 0 Å². The van der Waals surface area contributed by atoms with Gasteiger partial charge in [0.05, 0.1) is 26.5 Å². The highest BCUT2D eigenvalue weighted by Crippen LogP contribution is 2.44. The SMILES string of the molecule is CC1C[C@H]2CC[C@@H](C1)N2c1cnc2c(-c3ccc4nn(C)c(C=O)c4c3Cl)cn(COCC[Si](C)(C)C)c2n1.CC1C[C@H]2CC[C@@H](C1)N2c1cnc2c(I)cn(COCC[Si](C)(C)C)c2n1. The van der Waals surface area contributed by atoms with E-state index in [0.717, 1.165) is 86.0 Å². The van der Waals surface area contributed by atoms with Crippen LogP contribution in [0.5, 0.6) is 0 Å². The lowest BCUT2D eigenvalue weighted by atomic mass is 9.92. The summed E-state index contributed by atoms with van der Waals surface area (Å²) in [6.45, 7) is 21.5. The van der Waals surface area contributed by atoms with Gasteiger partial charge in [-0.25, -0.2) is 19.9 Å². The summed E-state index contributed by atoms with van der Waals surface area (Å²) >= 11 is 9.33. The summed E-state index contributed by atoms with van der Waals surface area (Å²) < 4.78 is 19.1. The van der Waals surface area contributed by atoms with E-state index < -0.39 is 16.1 Å². The van der Waals surface area contributed by atoms with Crippen LogP contribution >= 0.6 is 34.2 Å². The van der Waals surface area contributed by atoms with Crippen molar-refractivity contribution in [1.82, 2.24) is 38.9 Å². The van der Waals surface area contributed by atoms with E-state index in [1.807, 2.05) is 30.7 Å². The van der Waals surface area contributed by atoms with Crippen LogP contribution in [-0.4, -0.2) is 98.7 Å². The molecule has 4 aliphatic rings. The van der Waals surface area contributed by atoms with Gasteiger partial charge in [0, 0.05) is 89.5 Å². The van der Waals surface area contributed by atoms with E-state index in [-0.39, 0.29) is 0 Å². The van der Waals surface area contributed by atoms with Gasteiger partial charge >= 0.3 is 0 Å². The summed E-state index contributed by atoms with van der Waals surface area (Å²) in [5.41, 5.74) is 6.36. The maximum Gasteiger partial charge on any atom is 0.168 e. The molecule has 0 radical (unpaired) electrons. The lowest BCUT2D eigenvalue weighted by Crippen LogP contribution is -2.43. The topological polar surface area (TPSA) is 121 Å². The van der Waals surface area contributed by atoms with Crippen LogP contribution in [0.25, 0.3) is 44.4 Å². The van der Waals surface area contributed by atoms with E-state index in [9.17, 15) is 4.79 Å². The van der Waals surface area contributed by atoms with Crippen LogP contribution in [-0.2, 0) is 30.0 Å². The Morgan fingerprint density at radius 2 is 1.21 bits per heavy atom. The Morgan fingerprint density at radius 3 is 1.71 bits per heavy atom. The van der Waals surface area contributed by atoms with Gasteiger partial charge in [-0.05, 0) is 104 Å². The van der Waals surface area contributed by atoms with Crippen molar-refractivity contribution >= 4 is 101 Å². The third-order valence-electron chi connectivity index (χ3n) is 14.4. The lowest BCUT2D eigenvalue weighted by Gasteiger charge is -2.38. The summed E-state index contributed by atoms with van der Waals surface area (Å²) in [7, 11) is -0.511. The van der Waals surface area contributed by atoms with Crippen molar-refractivity contribution in [2.24, 2.45) is 18.9 Å². The van der Waals surface area contributed by atoms with Crippen molar-refractivity contribution in [3.63, 3.8) is 0 Å². The third-order valence-corrected chi connectivity index (χ3v) is 19.0. The van der Waals surface area contributed by atoms with Gasteiger partial charge in [0.1, 0.15) is 41.8 Å². The van der Waals surface area contributed by atoms with E-state index >= 15 is 0 Å². The zero-order chi connectivity index (χ0) is 46.7. The average Bonchev–Trinajstić information content (AvgIpc) is 4.02. The molecule has 10 rings (SSSR count). The molecule has 2 unspecified atom stereocenters. The highest BCUT2D eigenvalue weighted by atomic mass is 127. The van der Waals surface area contributed by atoms with Gasteiger partial charge in [-0.2, -0.15) is 5.10 Å². The minimum Gasteiger partial charge on any atom is -0.361 e. The maximum atomic E-state index is 11.8. The van der Waals surface area contributed by atoms with Crippen molar-refractivity contribution in [1.29, 1.82) is 0 Å². The Bertz CT molecular complexity index is 2700. The van der Waals surface area contributed by atoms with Gasteiger partial charge < -0.3 is 28.4 Å². The number of piperidine rings is 2. The largest absolute Gasteiger partial charge is 0.361 e. The summed E-state index contributed by atoms with van der Waals surface area (Å²) in [6.07, 6.45) is 18.9. The Kier molecular flexibility index (Phi) is 13.8. The molecule has 4 bridgehead atoms. The Morgan fingerprint density at radius 1 is 0.727 bits per heavy atom. The number of fused-ring (bicyclic) bond motifs is 7. The molecular formula is C49H68ClIN10O3Si2. The molecule has 354 valence electrons. The predicted molar refractivity (Wildman–Crippen MR) is 281 cm³/mol. The normalized spacial score (nSPS) is 23.1. The first-order chi connectivity index (χ1) is 31.5. The molecule has 4 fully saturated rings. The number of halogens is 2. The van der Waals surface area contributed by atoms with Gasteiger partial charge in [0.25, 0.3) is 0 Å². The molecule has 5 aromatic heterocycles. The van der Waals surface area contributed by atoms with Gasteiger partial charge in [-0.1, -0.05) is 70.8 Å².